The Hall–Kier alpha value is -1.75. The Balaban J connectivity index is 2.12. The van der Waals surface area contributed by atoms with Gasteiger partial charge in [0.1, 0.15) is 5.75 Å². The molecule has 1 aromatic rings. The van der Waals surface area contributed by atoms with Gasteiger partial charge in [0.05, 0.1) is 13.7 Å². The van der Waals surface area contributed by atoms with Crippen molar-refractivity contribution < 1.29 is 9.53 Å². The lowest BCUT2D eigenvalue weighted by molar-refractivity contribution is 0.196. The van der Waals surface area contributed by atoms with E-state index in [9.17, 15) is 4.79 Å². The summed E-state index contributed by atoms with van der Waals surface area (Å²) in [5.74, 6) is 0.839. The Morgan fingerprint density at radius 2 is 2.10 bits per heavy atom. The maximum Gasteiger partial charge on any atom is 0.320 e. The summed E-state index contributed by atoms with van der Waals surface area (Å²) in [6.45, 7) is 7.24. The second-order valence-corrected chi connectivity index (χ2v) is 5.81. The fourth-order valence-corrected chi connectivity index (χ4v) is 2.44. The molecule has 5 nitrogen and oxygen atoms in total. The maximum absolute atomic E-state index is 12.0. The molecule has 0 unspecified atom stereocenters. The van der Waals surface area contributed by atoms with E-state index in [4.69, 9.17) is 4.74 Å². The molecule has 2 amide bonds. The standard InChI is InChI=1S/C16H25N3O2/c1-12(2)17-10-13-5-6-15(21-4)14(9-13)11-19-8-7-18(3)16(19)20/h5-6,9,12,17H,7-8,10-11H2,1-4H3. The normalized spacial score (nSPS) is 15.2. The van der Waals surface area contributed by atoms with Gasteiger partial charge in [0.2, 0.25) is 0 Å². The summed E-state index contributed by atoms with van der Waals surface area (Å²) < 4.78 is 5.43. The van der Waals surface area contributed by atoms with Crippen molar-refractivity contribution in [3.05, 3.63) is 29.3 Å². The number of ether oxygens (including phenoxy) is 1. The van der Waals surface area contributed by atoms with Crippen LogP contribution >= 0.6 is 0 Å². The lowest BCUT2D eigenvalue weighted by atomic mass is 10.1. The van der Waals surface area contributed by atoms with Crippen LogP contribution in [-0.4, -0.2) is 49.1 Å². The third kappa shape index (κ3) is 3.88. The van der Waals surface area contributed by atoms with Crippen molar-refractivity contribution in [3.63, 3.8) is 0 Å². The van der Waals surface area contributed by atoms with E-state index in [1.54, 1.807) is 12.0 Å². The number of amides is 2. The lowest BCUT2D eigenvalue weighted by Gasteiger charge is -2.19. The molecule has 0 atom stereocenters. The van der Waals surface area contributed by atoms with Gasteiger partial charge in [-0.2, -0.15) is 0 Å². The molecular weight excluding hydrogens is 266 g/mol. The van der Waals surface area contributed by atoms with Crippen LogP contribution in [0.15, 0.2) is 18.2 Å². The largest absolute Gasteiger partial charge is 0.496 e. The van der Waals surface area contributed by atoms with Crippen molar-refractivity contribution in [3.8, 4) is 5.75 Å². The fourth-order valence-electron chi connectivity index (χ4n) is 2.44. The highest BCUT2D eigenvalue weighted by Crippen LogP contribution is 2.23. The molecule has 0 radical (unpaired) electrons. The van der Waals surface area contributed by atoms with Gasteiger partial charge >= 0.3 is 6.03 Å². The number of benzene rings is 1. The fraction of sp³-hybridized carbons (Fsp3) is 0.562. The average Bonchev–Trinajstić information content (AvgIpc) is 2.77. The predicted molar refractivity (Wildman–Crippen MR) is 83.4 cm³/mol. The first-order valence-electron chi connectivity index (χ1n) is 7.40. The third-order valence-electron chi connectivity index (χ3n) is 3.72. The van der Waals surface area contributed by atoms with Gasteiger partial charge in [-0.15, -0.1) is 0 Å². The summed E-state index contributed by atoms with van der Waals surface area (Å²) in [5, 5.41) is 3.41. The summed E-state index contributed by atoms with van der Waals surface area (Å²) in [6, 6.07) is 6.71. The highest BCUT2D eigenvalue weighted by Gasteiger charge is 2.25. The van der Waals surface area contributed by atoms with E-state index in [-0.39, 0.29) is 6.03 Å². The van der Waals surface area contributed by atoms with Crippen molar-refractivity contribution in [2.45, 2.75) is 33.0 Å². The van der Waals surface area contributed by atoms with Crippen LogP contribution < -0.4 is 10.1 Å². The van der Waals surface area contributed by atoms with Crippen molar-refractivity contribution in [1.82, 2.24) is 15.1 Å². The Morgan fingerprint density at radius 1 is 1.33 bits per heavy atom. The number of hydrogen-bond acceptors (Lipinski definition) is 3. The van der Waals surface area contributed by atoms with Gasteiger partial charge in [-0.25, -0.2) is 4.79 Å². The van der Waals surface area contributed by atoms with Gasteiger partial charge in [0.25, 0.3) is 0 Å². The van der Waals surface area contributed by atoms with E-state index in [1.165, 1.54) is 5.56 Å². The number of nitrogens with zero attached hydrogens (tertiary/aromatic N) is 2. The molecule has 0 bridgehead atoms. The van der Waals surface area contributed by atoms with Crippen molar-refractivity contribution in [2.24, 2.45) is 0 Å². The molecule has 1 heterocycles. The Labute approximate surface area is 126 Å². The zero-order chi connectivity index (χ0) is 15.4. The first-order valence-corrected chi connectivity index (χ1v) is 7.40. The van der Waals surface area contributed by atoms with E-state index in [1.807, 2.05) is 18.0 Å². The molecule has 5 heteroatoms. The summed E-state index contributed by atoms with van der Waals surface area (Å²) in [7, 11) is 3.51. The van der Waals surface area contributed by atoms with Crippen LogP contribution in [0.5, 0.6) is 5.75 Å². The summed E-state index contributed by atoms with van der Waals surface area (Å²) >= 11 is 0. The van der Waals surface area contributed by atoms with E-state index >= 15 is 0 Å². The zero-order valence-corrected chi connectivity index (χ0v) is 13.3. The van der Waals surface area contributed by atoms with Crippen LogP contribution in [0.25, 0.3) is 0 Å². The Morgan fingerprint density at radius 3 is 2.67 bits per heavy atom. The monoisotopic (exact) mass is 291 g/mol. The van der Waals surface area contributed by atoms with Crippen LogP contribution in [0.3, 0.4) is 0 Å². The molecule has 2 rings (SSSR count). The quantitative estimate of drug-likeness (QED) is 0.872. The van der Waals surface area contributed by atoms with Gasteiger partial charge in [0, 0.05) is 38.3 Å². The smallest absolute Gasteiger partial charge is 0.320 e. The Bertz CT molecular complexity index is 502. The minimum Gasteiger partial charge on any atom is -0.496 e. The minimum absolute atomic E-state index is 0.0859. The van der Waals surface area contributed by atoms with Gasteiger partial charge in [0.15, 0.2) is 0 Å². The highest BCUT2D eigenvalue weighted by molar-refractivity contribution is 5.76. The first kappa shape index (κ1) is 15.6. The van der Waals surface area contributed by atoms with Gasteiger partial charge in [-0.1, -0.05) is 19.9 Å². The zero-order valence-electron chi connectivity index (χ0n) is 13.3. The topological polar surface area (TPSA) is 44.8 Å². The molecule has 0 spiro atoms. The summed E-state index contributed by atoms with van der Waals surface area (Å²) in [6.07, 6.45) is 0. The summed E-state index contributed by atoms with van der Waals surface area (Å²) in [4.78, 5) is 15.6. The Kier molecular flexibility index (Phi) is 5.07. The van der Waals surface area contributed by atoms with Gasteiger partial charge < -0.3 is 19.9 Å². The molecule has 116 valence electrons. The number of carbonyl (C=O) groups is 1. The number of hydrogen-bond donors (Lipinski definition) is 1. The number of carbonyl (C=O) groups excluding carboxylic acids is 1. The molecule has 0 aromatic heterocycles. The summed E-state index contributed by atoms with van der Waals surface area (Å²) in [5.41, 5.74) is 2.27. The lowest BCUT2D eigenvalue weighted by Crippen LogP contribution is -2.29. The molecule has 21 heavy (non-hydrogen) atoms. The van der Waals surface area contributed by atoms with Crippen LogP contribution in [0.4, 0.5) is 4.79 Å². The maximum atomic E-state index is 12.0. The van der Waals surface area contributed by atoms with Crippen molar-refractivity contribution in [2.75, 3.05) is 27.2 Å². The molecule has 1 fully saturated rings. The predicted octanol–water partition coefficient (Wildman–Crippen LogP) is 2.06. The average molecular weight is 291 g/mol. The second-order valence-electron chi connectivity index (χ2n) is 5.81. The molecule has 1 aromatic carbocycles. The molecule has 0 aliphatic carbocycles. The van der Waals surface area contributed by atoms with Gasteiger partial charge in [-0.3, -0.25) is 0 Å². The van der Waals surface area contributed by atoms with Crippen molar-refractivity contribution >= 4 is 6.03 Å². The SMILES string of the molecule is COc1ccc(CNC(C)C)cc1CN1CCN(C)C1=O. The number of likely N-dealkylation sites (N-methyl/N-ethyl adjacent to an activating group) is 1. The minimum atomic E-state index is 0.0859. The van der Waals surface area contributed by atoms with E-state index in [2.05, 4.69) is 31.3 Å². The molecule has 1 saturated heterocycles. The molecular formula is C16H25N3O2. The number of urea groups is 1. The van der Waals surface area contributed by atoms with Crippen LogP contribution in [0.1, 0.15) is 25.0 Å². The second kappa shape index (κ2) is 6.80. The number of methoxy groups -OCH3 is 1. The third-order valence-corrected chi connectivity index (χ3v) is 3.72. The van der Waals surface area contributed by atoms with Gasteiger partial charge in [-0.05, 0) is 17.7 Å². The van der Waals surface area contributed by atoms with Crippen LogP contribution in [0, 0.1) is 0 Å². The molecule has 1 aliphatic rings. The molecule has 0 saturated carbocycles. The molecule has 1 aliphatic heterocycles. The van der Waals surface area contributed by atoms with Crippen LogP contribution in [0.2, 0.25) is 0 Å². The highest BCUT2D eigenvalue weighted by atomic mass is 16.5. The van der Waals surface area contributed by atoms with E-state index in [0.29, 0.717) is 12.6 Å². The van der Waals surface area contributed by atoms with Crippen molar-refractivity contribution in [1.29, 1.82) is 0 Å². The number of nitrogens with one attached hydrogen (secondary N) is 1. The number of rotatable bonds is 6. The van der Waals surface area contributed by atoms with E-state index in [0.717, 1.165) is 30.9 Å². The van der Waals surface area contributed by atoms with E-state index < -0.39 is 0 Å². The van der Waals surface area contributed by atoms with Crippen LogP contribution in [-0.2, 0) is 13.1 Å². The first-order chi connectivity index (χ1) is 10.0. The molecule has 1 N–H and O–H groups in total.